The number of nitriles is 1. The minimum Gasteiger partial charge on any atom is -0.468 e. The molecule has 0 saturated heterocycles. The van der Waals surface area contributed by atoms with E-state index in [1.54, 1.807) is 28.9 Å². The Morgan fingerprint density at radius 1 is 1.43 bits per heavy atom. The van der Waals surface area contributed by atoms with Crippen molar-refractivity contribution in [3.05, 3.63) is 51.3 Å². The number of thioether (sulfide) groups is 1. The van der Waals surface area contributed by atoms with Gasteiger partial charge in [-0.2, -0.15) is 5.26 Å². The molecular formula is C19H17ClN6O3S. The number of nitrogens with one attached hydrogen (secondary N) is 1. The number of esters is 1. The molecule has 0 bridgehead atoms. The Morgan fingerprint density at radius 2 is 2.20 bits per heavy atom. The molecule has 2 atom stereocenters. The smallest absolute Gasteiger partial charge is 0.319 e. The summed E-state index contributed by atoms with van der Waals surface area (Å²) in [5.41, 5.74) is 0.760. The third-order valence-corrected chi connectivity index (χ3v) is 6.38. The number of nitrogens with zero attached hydrogens (tertiary/aromatic N) is 5. The number of methoxy groups -OCH3 is 1. The number of hydrogen-bond donors (Lipinski definition) is 1. The van der Waals surface area contributed by atoms with E-state index in [0.29, 0.717) is 33.2 Å². The van der Waals surface area contributed by atoms with Crippen LogP contribution in [0, 0.1) is 17.2 Å². The zero-order valence-electron chi connectivity index (χ0n) is 15.9. The number of carbonyl (C=O) groups excluding carboxylic acids is 2. The van der Waals surface area contributed by atoms with Crippen molar-refractivity contribution in [3.8, 4) is 6.07 Å². The molecule has 1 amide bonds. The molecule has 154 valence electrons. The standard InChI is InChI=1S/C19H17ClN6O3S/c1-29-19(28)16-15(11-4-2-3-5-13(11)20)12(8-21)18(22-17(16)27)30-9-14-23-24-25-26(14)10-6-7-10/h2-5,10,15-16H,6-7,9H2,1H3,(H,22,27)/t15-,16+/m0/s1. The van der Waals surface area contributed by atoms with E-state index in [0.717, 1.165) is 12.8 Å². The van der Waals surface area contributed by atoms with Crippen LogP contribution in [0.4, 0.5) is 0 Å². The first-order valence-electron chi connectivity index (χ1n) is 9.22. The number of allylic oxidation sites excluding steroid dienone is 1. The summed E-state index contributed by atoms with van der Waals surface area (Å²) in [6.07, 6.45) is 2.06. The number of tetrazole rings is 1. The van der Waals surface area contributed by atoms with Gasteiger partial charge in [0, 0.05) is 10.9 Å². The van der Waals surface area contributed by atoms with Crippen LogP contribution >= 0.6 is 23.4 Å². The average Bonchev–Trinajstić information content (AvgIpc) is 3.49. The van der Waals surface area contributed by atoms with Crippen LogP contribution in [0.1, 0.15) is 36.2 Å². The van der Waals surface area contributed by atoms with Gasteiger partial charge < -0.3 is 10.1 Å². The molecule has 1 aliphatic carbocycles. The van der Waals surface area contributed by atoms with Crippen molar-refractivity contribution in [3.63, 3.8) is 0 Å². The van der Waals surface area contributed by atoms with E-state index in [2.05, 4.69) is 26.9 Å². The van der Waals surface area contributed by atoms with Crippen LogP contribution in [0.15, 0.2) is 34.9 Å². The van der Waals surface area contributed by atoms with Crippen LogP contribution in [0.3, 0.4) is 0 Å². The molecule has 9 nitrogen and oxygen atoms in total. The molecule has 1 fully saturated rings. The van der Waals surface area contributed by atoms with Crippen LogP contribution < -0.4 is 5.32 Å². The highest BCUT2D eigenvalue weighted by Gasteiger charge is 2.45. The highest BCUT2D eigenvalue weighted by Crippen LogP contribution is 2.43. The summed E-state index contributed by atoms with van der Waals surface area (Å²) < 4.78 is 6.61. The molecule has 0 radical (unpaired) electrons. The highest BCUT2D eigenvalue weighted by atomic mass is 35.5. The molecule has 1 N–H and O–H groups in total. The van der Waals surface area contributed by atoms with Crippen LogP contribution in [-0.2, 0) is 20.1 Å². The zero-order valence-corrected chi connectivity index (χ0v) is 17.5. The molecule has 2 heterocycles. The first kappa shape index (κ1) is 20.4. The van der Waals surface area contributed by atoms with Gasteiger partial charge in [-0.3, -0.25) is 9.59 Å². The zero-order chi connectivity index (χ0) is 21.3. The monoisotopic (exact) mass is 444 g/mol. The van der Waals surface area contributed by atoms with Crippen molar-refractivity contribution < 1.29 is 14.3 Å². The summed E-state index contributed by atoms with van der Waals surface area (Å²) in [7, 11) is 1.21. The predicted molar refractivity (Wildman–Crippen MR) is 108 cm³/mol. The highest BCUT2D eigenvalue weighted by molar-refractivity contribution is 8.02. The number of amides is 1. The van der Waals surface area contributed by atoms with Crippen molar-refractivity contribution in [2.24, 2.45) is 5.92 Å². The minimum atomic E-state index is -1.22. The first-order valence-corrected chi connectivity index (χ1v) is 10.6. The van der Waals surface area contributed by atoms with Crippen molar-refractivity contribution >= 4 is 35.2 Å². The van der Waals surface area contributed by atoms with Gasteiger partial charge in [0.1, 0.15) is 5.92 Å². The normalized spacial score (nSPS) is 21.2. The molecule has 0 spiro atoms. The van der Waals surface area contributed by atoms with Gasteiger partial charge in [0.25, 0.3) is 0 Å². The fourth-order valence-electron chi connectivity index (χ4n) is 3.43. The lowest BCUT2D eigenvalue weighted by Crippen LogP contribution is -2.44. The Bertz CT molecular complexity index is 1070. The van der Waals surface area contributed by atoms with Crippen LogP contribution in [0.25, 0.3) is 0 Å². The Balaban J connectivity index is 1.72. The third kappa shape index (κ3) is 3.78. The number of ether oxygens (including phenoxy) is 1. The first-order chi connectivity index (χ1) is 14.5. The molecule has 30 heavy (non-hydrogen) atoms. The lowest BCUT2D eigenvalue weighted by Gasteiger charge is -2.31. The van der Waals surface area contributed by atoms with Gasteiger partial charge in [0.05, 0.1) is 35.6 Å². The van der Waals surface area contributed by atoms with E-state index in [4.69, 9.17) is 16.3 Å². The molecule has 11 heteroatoms. The van der Waals surface area contributed by atoms with E-state index in [9.17, 15) is 14.9 Å². The van der Waals surface area contributed by atoms with Crippen molar-refractivity contribution in [2.75, 3.05) is 7.11 Å². The van der Waals surface area contributed by atoms with E-state index >= 15 is 0 Å². The molecule has 1 aliphatic heterocycles. The number of carbonyl (C=O) groups is 2. The molecule has 1 saturated carbocycles. The van der Waals surface area contributed by atoms with E-state index in [1.807, 2.05) is 0 Å². The SMILES string of the molecule is COC(=O)[C@H]1C(=O)NC(SCc2nnnn2C2CC2)=C(C#N)[C@@H]1c1ccccc1Cl. The van der Waals surface area contributed by atoms with Crippen molar-refractivity contribution in [1.29, 1.82) is 5.26 Å². The second-order valence-corrected chi connectivity index (χ2v) is 8.30. The van der Waals surface area contributed by atoms with Crippen molar-refractivity contribution in [2.45, 2.75) is 30.6 Å². The van der Waals surface area contributed by atoms with Gasteiger partial charge >= 0.3 is 5.97 Å². The van der Waals surface area contributed by atoms with Gasteiger partial charge in [-0.15, -0.1) is 5.10 Å². The number of aromatic nitrogens is 4. The maximum Gasteiger partial charge on any atom is 0.319 e. The Kier molecular flexibility index (Phi) is 5.74. The summed E-state index contributed by atoms with van der Waals surface area (Å²) in [4.78, 5) is 25.3. The molecular weight excluding hydrogens is 428 g/mol. The third-order valence-electron chi connectivity index (χ3n) is 5.02. The van der Waals surface area contributed by atoms with Crippen LogP contribution in [-0.4, -0.2) is 39.2 Å². The van der Waals surface area contributed by atoms with Crippen LogP contribution in [0.5, 0.6) is 0 Å². The fraction of sp³-hybridized carbons (Fsp3) is 0.368. The predicted octanol–water partition coefficient (Wildman–Crippen LogP) is 2.33. The molecule has 0 unspecified atom stereocenters. The quantitative estimate of drug-likeness (QED) is 0.532. The minimum absolute atomic E-state index is 0.244. The summed E-state index contributed by atoms with van der Waals surface area (Å²) in [6, 6.07) is 9.31. The van der Waals surface area contributed by atoms with E-state index < -0.39 is 23.7 Å². The van der Waals surface area contributed by atoms with Gasteiger partial charge in [-0.1, -0.05) is 41.6 Å². The number of halogens is 1. The molecule has 2 aliphatic rings. The molecule has 2 aromatic rings. The fourth-order valence-corrected chi connectivity index (χ4v) is 4.65. The lowest BCUT2D eigenvalue weighted by molar-refractivity contribution is -0.150. The summed E-state index contributed by atoms with van der Waals surface area (Å²) in [6.45, 7) is 0. The summed E-state index contributed by atoms with van der Waals surface area (Å²) in [5, 5.41) is 25.1. The van der Waals surface area contributed by atoms with E-state index in [-0.39, 0.29) is 5.57 Å². The second kappa shape index (κ2) is 8.45. The molecule has 4 rings (SSSR count). The lowest BCUT2D eigenvalue weighted by atomic mass is 9.78. The maximum atomic E-state index is 12.9. The van der Waals surface area contributed by atoms with Gasteiger partial charge in [0.15, 0.2) is 5.82 Å². The summed E-state index contributed by atoms with van der Waals surface area (Å²) >= 11 is 7.60. The topological polar surface area (TPSA) is 123 Å². The largest absolute Gasteiger partial charge is 0.468 e. The Morgan fingerprint density at radius 3 is 2.87 bits per heavy atom. The average molecular weight is 445 g/mol. The Hall–Kier alpha value is -2.90. The number of rotatable bonds is 6. The van der Waals surface area contributed by atoms with Gasteiger partial charge in [-0.05, 0) is 34.9 Å². The Labute approximate surface area is 181 Å². The van der Waals surface area contributed by atoms with Gasteiger partial charge in [0.2, 0.25) is 5.91 Å². The molecule has 1 aromatic heterocycles. The van der Waals surface area contributed by atoms with Crippen LogP contribution in [0.2, 0.25) is 5.02 Å². The number of hydrogen-bond acceptors (Lipinski definition) is 8. The van der Waals surface area contributed by atoms with Gasteiger partial charge in [-0.25, -0.2) is 4.68 Å². The molecule has 1 aromatic carbocycles. The van der Waals surface area contributed by atoms with E-state index in [1.165, 1.54) is 18.9 Å². The summed E-state index contributed by atoms with van der Waals surface area (Å²) in [5.74, 6) is -2.33. The maximum absolute atomic E-state index is 12.9. The second-order valence-electron chi connectivity index (χ2n) is 6.90. The van der Waals surface area contributed by atoms with Crippen molar-refractivity contribution in [1.82, 2.24) is 25.5 Å². The number of benzene rings is 1.